The molecule has 20 heavy (non-hydrogen) atoms. The van der Waals surface area contributed by atoms with Crippen molar-refractivity contribution in [2.45, 2.75) is 43.7 Å². The SMILES string of the molecule is CNC(c1ccc(Cl)c(Cl)c1)C1CCOC2(CCC2)C1. The van der Waals surface area contributed by atoms with E-state index in [0.29, 0.717) is 22.0 Å². The number of nitrogens with one attached hydrogen (secondary N) is 1. The highest BCUT2D eigenvalue weighted by atomic mass is 35.5. The number of benzene rings is 1. The fraction of sp³-hybridized carbons (Fsp3) is 0.625. The van der Waals surface area contributed by atoms with E-state index in [4.69, 9.17) is 27.9 Å². The summed E-state index contributed by atoms with van der Waals surface area (Å²) in [4.78, 5) is 0. The number of hydrogen-bond acceptors (Lipinski definition) is 2. The molecule has 1 aliphatic carbocycles. The molecule has 0 radical (unpaired) electrons. The molecule has 3 rings (SSSR count). The average Bonchev–Trinajstić information content (AvgIpc) is 2.42. The van der Waals surface area contributed by atoms with Gasteiger partial charge in [0.15, 0.2) is 0 Å². The normalized spacial score (nSPS) is 26.2. The molecule has 2 aliphatic rings. The summed E-state index contributed by atoms with van der Waals surface area (Å²) in [6.45, 7) is 0.879. The first kappa shape index (κ1) is 14.6. The van der Waals surface area contributed by atoms with Gasteiger partial charge in [-0.2, -0.15) is 0 Å². The Kier molecular flexibility index (Phi) is 4.28. The lowest BCUT2D eigenvalue weighted by Crippen LogP contribution is -2.47. The number of rotatable bonds is 3. The van der Waals surface area contributed by atoms with Gasteiger partial charge in [-0.25, -0.2) is 0 Å². The Morgan fingerprint density at radius 3 is 2.70 bits per heavy atom. The summed E-state index contributed by atoms with van der Waals surface area (Å²) in [6.07, 6.45) is 6.01. The molecule has 2 nitrogen and oxygen atoms in total. The molecule has 2 fully saturated rings. The minimum Gasteiger partial charge on any atom is -0.375 e. The maximum Gasteiger partial charge on any atom is 0.0686 e. The molecule has 2 unspecified atom stereocenters. The first-order chi connectivity index (χ1) is 9.63. The van der Waals surface area contributed by atoms with E-state index in [1.165, 1.54) is 24.8 Å². The third kappa shape index (κ3) is 2.71. The summed E-state index contributed by atoms with van der Waals surface area (Å²) in [7, 11) is 2.02. The minimum atomic E-state index is 0.175. The first-order valence-electron chi connectivity index (χ1n) is 7.40. The smallest absolute Gasteiger partial charge is 0.0686 e. The summed E-state index contributed by atoms with van der Waals surface area (Å²) in [6, 6.07) is 6.29. The van der Waals surface area contributed by atoms with E-state index in [0.717, 1.165) is 19.4 Å². The van der Waals surface area contributed by atoms with Crippen LogP contribution in [-0.2, 0) is 4.74 Å². The molecule has 1 saturated carbocycles. The molecule has 110 valence electrons. The Bertz CT molecular complexity index is 487. The molecule has 1 spiro atoms. The third-order valence-corrected chi connectivity index (χ3v) is 5.62. The second-order valence-electron chi connectivity index (χ2n) is 6.08. The Balaban J connectivity index is 1.79. The van der Waals surface area contributed by atoms with Crippen molar-refractivity contribution < 1.29 is 4.74 Å². The lowest BCUT2D eigenvalue weighted by molar-refractivity contribution is -0.147. The van der Waals surface area contributed by atoms with Crippen molar-refractivity contribution in [3.63, 3.8) is 0 Å². The van der Waals surface area contributed by atoms with Crippen molar-refractivity contribution in [1.29, 1.82) is 0 Å². The largest absolute Gasteiger partial charge is 0.375 e. The summed E-state index contributed by atoms with van der Waals surface area (Å²) >= 11 is 12.2. The molecule has 1 heterocycles. The van der Waals surface area contributed by atoms with Gasteiger partial charge in [0.1, 0.15) is 0 Å². The molecule has 1 saturated heterocycles. The zero-order valence-electron chi connectivity index (χ0n) is 11.8. The van der Waals surface area contributed by atoms with Crippen LogP contribution in [0.1, 0.15) is 43.7 Å². The second-order valence-corrected chi connectivity index (χ2v) is 6.89. The van der Waals surface area contributed by atoms with Crippen LogP contribution in [0.3, 0.4) is 0 Å². The van der Waals surface area contributed by atoms with Gasteiger partial charge in [-0.15, -0.1) is 0 Å². The Morgan fingerprint density at radius 1 is 1.30 bits per heavy atom. The van der Waals surface area contributed by atoms with Gasteiger partial charge in [-0.05, 0) is 62.8 Å². The lowest BCUT2D eigenvalue weighted by atomic mass is 9.69. The molecule has 1 N–H and O–H groups in total. The van der Waals surface area contributed by atoms with Crippen LogP contribution in [0, 0.1) is 5.92 Å². The van der Waals surface area contributed by atoms with Crippen molar-refractivity contribution in [3.05, 3.63) is 33.8 Å². The van der Waals surface area contributed by atoms with Gasteiger partial charge in [0.05, 0.1) is 15.6 Å². The maximum absolute atomic E-state index is 6.16. The maximum atomic E-state index is 6.16. The molecule has 0 bridgehead atoms. The van der Waals surface area contributed by atoms with Crippen molar-refractivity contribution in [2.75, 3.05) is 13.7 Å². The highest BCUT2D eigenvalue weighted by Gasteiger charge is 2.44. The Morgan fingerprint density at radius 2 is 2.10 bits per heavy atom. The fourth-order valence-electron chi connectivity index (χ4n) is 3.65. The third-order valence-electron chi connectivity index (χ3n) is 4.88. The Hall–Kier alpha value is -0.280. The standard InChI is InChI=1S/C16H21Cl2NO/c1-19-15(11-3-4-13(17)14(18)9-11)12-5-8-20-16(10-12)6-2-7-16/h3-4,9,12,15,19H,2,5-8,10H2,1H3. The topological polar surface area (TPSA) is 21.3 Å². The van der Waals surface area contributed by atoms with Crippen LogP contribution in [0.15, 0.2) is 18.2 Å². The van der Waals surface area contributed by atoms with Gasteiger partial charge >= 0.3 is 0 Å². The molecular formula is C16H21Cl2NO. The van der Waals surface area contributed by atoms with E-state index in [2.05, 4.69) is 11.4 Å². The summed E-state index contributed by atoms with van der Waals surface area (Å²) in [5.41, 5.74) is 1.40. The highest BCUT2D eigenvalue weighted by Crippen LogP contribution is 2.47. The van der Waals surface area contributed by atoms with Gasteiger partial charge in [-0.1, -0.05) is 29.3 Å². The van der Waals surface area contributed by atoms with Gasteiger partial charge in [0.25, 0.3) is 0 Å². The molecule has 1 aromatic carbocycles. The van der Waals surface area contributed by atoms with E-state index >= 15 is 0 Å². The number of ether oxygens (including phenoxy) is 1. The molecule has 2 atom stereocenters. The quantitative estimate of drug-likeness (QED) is 0.880. The second kappa shape index (κ2) is 5.84. The zero-order valence-corrected chi connectivity index (χ0v) is 13.3. The molecule has 0 aromatic heterocycles. The van der Waals surface area contributed by atoms with E-state index in [9.17, 15) is 0 Å². The van der Waals surface area contributed by atoms with Crippen LogP contribution < -0.4 is 5.32 Å². The van der Waals surface area contributed by atoms with Crippen molar-refractivity contribution in [2.24, 2.45) is 5.92 Å². The van der Waals surface area contributed by atoms with Crippen LogP contribution in [0.4, 0.5) is 0 Å². The lowest BCUT2D eigenvalue weighted by Gasteiger charge is -2.48. The number of hydrogen-bond donors (Lipinski definition) is 1. The van der Waals surface area contributed by atoms with Crippen molar-refractivity contribution in [1.82, 2.24) is 5.32 Å². The predicted octanol–water partition coefficient (Wildman–Crippen LogP) is 4.60. The average molecular weight is 314 g/mol. The predicted molar refractivity (Wildman–Crippen MR) is 83.5 cm³/mol. The van der Waals surface area contributed by atoms with Gasteiger partial charge in [0.2, 0.25) is 0 Å². The van der Waals surface area contributed by atoms with Crippen LogP contribution in [0.2, 0.25) is 10.0 Å². The van der Waals surface area contributed by atoms with Crippen LogP contribution in [0.25, 0.3) is 0 Å². The molecule has 1 aliphatic heterocycles. The number of halogens is 2. The van der Waals surface area contributed by atoms with Crippen LogP contribution >= 0.6 is 23.2 Å². The molecule has 0 amide bonds. The van der Waals surface area contributed by atoms with Crippen molar-refractivity contribution in [3.8, 4) is 0 Å². The monoisotopic (exact) mass is 313 g/mol. The van der Waals surface area contributed by atoms with Gasteiger partial charge in [-0.3, -0.25) is 0 Å². The summed E-state index contributed by atoms with van der Waals surface area (Å²) < 4.78 is 6.03. The van der Waals surface area contributed by atoms with E-state index < -0.39 is 0 Å². The first-order valence-corrected chi connectivity index (χ1v) is 8.15. The van der Waals surface area contributed by atoms with Crippen LogP contribution in [-0.4, -0.2) is 19.3 Å². The Labute approximate surface area is 130 Å². The summed E-state index contributed by atoms with van der Waals surface area (Å²) in [5.74, 6) is 0.603. The van der Waals surface area contributed by atoms with E-state index in [1.807, 2.05) is 19.2 Å². The highest BCUT2D eigenvalue weighted by molar-refractivity contribution is 6.42. The van der Waals surface area contributed by atoms with E-state index in [1.54, 1.807) is 0 Å². The van der Waals surface area contributed by atoms with Gasteiger partial charge in [0, 0.05) is 12.6 Å². The molecular weight excluding hydrogens is 293 g/mol. The molecule has 4 heteroatoms. The zero-order chi connectivity index (χ0) is 14.2. The molecule has 1 aromatic rings. The van der Waals surface area contributed by atoms with Crippen molar-refractivity contribution >= 4 is 23.2 Å². The van der Waals surface area contributed by atoms with Gasteiger partial charge < -0.3 is 10.1 Å². The minimum absolute atomic E-state index is 0.175. The van der Waals surface area contributed by atoms with Crippen LogP contribution in [0.5, 0.6) is 0 Å². The van der Waals surface area contributed by atoms with E-state index in [-0.39, 0.29) is 5.60 Å². The fourth-order valence-corrected chi connectivity index (χ4v) is 3.96. The summed E-state index contributed by atoms with van der Waals surface area (Å²) in [5, 5.41) is 4.72.